The molecule has 1 N–H and O–H groups in total. The van der Waals surface area contributed by atoms with Crippen molar-refractivity contribution in [1.82, 2.24) is 15.1 Å². The van der Waals surface area contributed by atoms with Gasteiger partial charge in [-0.3, -0.25) is 4.79 Å². The Morgan fingerprint density at radius 1 is 1.21 bits per heavy atom. The predicted molar refractivity (Wildman–Crippen MR) is 78.2 cm³/mol. The van der Waals surface area contributed by atoms with Gasteiger partial charge in [-0.1, -0.05) is 19.8 Å². The third-order valence-electron chi connectivity index (χ3n) is 4.84. The van der Waals surface area contributed by atoms with E-state index in [1.54, 1.807) is 0 Å². The lowest BCUT2D eigenvalue weighted by Crippen LogP contribution is -2.48. The molecule has 0 radical (unpaired) electrons. The molecule has 1 amide bonds. The molecule has 2 fully saturated rings. The first-order valence-electron chi connectivity index (χ1n) is 7.92. The summed E-state index contributed by atoms with van der Waals surface area (Å²) in [6.45, 7) is 6.13. The van der Waals surface area contributed by atoms with Gasteiger partial charge in [-0.2, -0.15) is 0 Å². The second-order valence-electron chi connectivity index (χ2n) is 6.03. The molecule has 1 saturated heterocycles. The van der Waals surface area contributed by atoms with E-state index in [0.29, 0.717) is 18.6 Å². The maximum atomic E-state index is 12.2. The molecule has 0 aromatic heterocycles. The lowest BCUT2D eigenvalue weighted by molar-refractivity contribution is -0.132. The van der Waals surface area contributed by atoms with Crippen molar-refractivity contribution in [2.45, 2.75) is 57.5 Å². The van der Waals surface area contributed by atoms with E-state index in [9.17, 15) is 4.79 Å². The normalized spacial score (nSPS) is 22.8. The van der Waals surface area contributed by atoms with Crippen molar-refractivity contribution in [3.05, 3.63) is 0 Å². The van der Waals surface area contributed by atoms with Crippen LogP contribution >= 0.6 is 0 Å². The average Bonchev–Trinajstić information content (AvgIpc) is 2.97. The van der Waals surface area contributed by atoms with Crippen LogP contribution in [0.15, 0.2) is 0 Å². The molecular weight excluding hydrogens is 238 g/mol. The van der Waals surface area contributed by atoms with E-state index in [1.807, 2.05) is 11.9 Å². The molecule has 0 unspecified atom stereocenters. The maximum Gasteiger partial charge on any atom is 0.236 e. The zero-order valence-electron chi connectivity index (χ0n) is 12.5. The van der Waals surface area contributed by atoms with E-state index in [4.69, 9.17) is 0 Å². The second kappa shape index (κ2) is 7.25. The Balaban J connectivity index is 1.69. The number of likely N-dealkylation sites (N-methyl/N-ethyl adjacent to an activating group) is 1. The van der Waals surface area contributed by atoms with Gasteiger partial charge in [0.25, 0.3) is 0 Å². The van der Waals surface area contributed by atoms with Crippen LogP contribution in [-0.2, 0) is 4.79 Å². The number of carbonyl (C=O) groups excluding carboxylic acids is 1. The van der Waals surface area contributed by atoms with Crippen LogP contribution < -0.4 is 5.32 Å². The summed E-state index contributed by atoms with van der Waals surface area (Å²) in [7, 11) is 1.98. The quantitative estimate of drug-likeness (QED) is 0.819. The number of hydrogen-bond donors (Lipinski definition) is 1. The zero-order valence-corrected chi connectivity index (χ0v) is 12.5. The summed E-state index contributed by atoms with van der Waals surface area (Å²) >= 11 is 0. The third kappa shape index (κ3) is 4.18. The fraction of sp³-hybridized carbons (Fsp3) is 0.933. The lowest BCUT2D eigenvalue weighted by atomic mass is 10.0. The highest BCUT2D eigenvalue weighted by Gasteiger charge is 2.25. The average molecular weight is 267 g/mol. The molecule has 110 valence electrons. The van der Waals surface area contributed by atoms with Crippen LogP contribution in [0.2, 0.25) is 0 Å². The Morgan fingerprint density at radius 3 is 2.42 bits per heavy atom. The topological polar surface area (TPSA) is 35.6 Å². The number of hydrogen-bond acceptors (Lipinski definition) is 3. The largest absolute Gasteiger partial charge is 0.342 e. The SMILES string of the molecule is CCN1CCC(N(C)C(=O)CNC2CCCC2)CC1. The first-order valence-corrected chi connectivity index (χ1v) is 7.92. The van der Waals surface area contributed by atoms with E-state index in [2.05, 4.69) is 17.1 Å². The summed E-state index contributed by atoms with van der Waals surface area (Å²) < 4.78 is 0. The van der Waals surface area contributed by atoms with Gasteiger partial charge in [-0.05, 0) is 32.2 Å². The van der Waals surface area contributed by atoms with E-state index < -0.39 is 0 Å². The first-order chi connectivity index (χ1) is 9.20. The minimum Gasteiger partial charge on any atom is -0.342 e. The van der Waals surface area contributed by atoms with Crippen molar-refractivity contribution in [3.8, 4) is 0 Å². The van der Waals surface area contributed by atoms with Gasteiger partial charge in [0, 0.05) is 32.2 Å². The van der Waals surface area contributed by atoms with Gasteiger partial charge in [0.15, 0.2) is 0 Å². The van der Waals surface area contributed by atoms with Gasteiger partial charge >= 0.3 is 0 Å². The summed E-state index contributed by atoms with van der Waals surface area (Å²) in [6, 6.07) is 1.03. The summed E-state index contributed by atoms with van der Waals surface area (Å²) in [4.78, 5) is 16.6. The molecule has 4 nitrogen and oxygen atoms in total. The minimum atomic E-state index is 0.266. The number of nitrogens with one attached hydrogen (secondary N) is 1. The fourth-order valence-electron chi connectivity index (χ4n) is 3.31. The Bertz CT molecular complexity index is 281. The summed E-state index contributed by atoms with van der Waals surface area (Å²) in [5.41, 5.74) is 0. The Morgan fingerprint density at radius 2 is 1.84 bits per heavy atom. The maximum absolute atomic E-state index is 12.2. The molecule has 1 aliphatic heterocycles. The molecule has 1 aliphatic carbocycles. The number of amides is 1. The Kier molecular flexibility index (Phi) is 5.64. The van der Waals surface area contributed by atoms with E-state index >= 15 is 0 Å². The zero-order chi connectivity index (χ0) is 13.7. The number of likely N-dealkylation sites (tertiary alicyclic amines) is 1. The molecule has 0 atom stereocenters. The van der Waals surface area contributed by atoms with Crippen molar-refractivity contribution >= 4 is 5.91 Å². The summed E-state index contributed by atoms with van der Waals surface area (Å²) in [5.74, 6) is 0.266. The molecule has 0 bridgehead atoms. The summed E-state index contributed by atoms with van der Waals surface area (Å²) in [5, 5.41) is 3.42. The smallest absolute Gasteiger partial charge is 0.236 e. The molecule has 0 spiro atoms. The molecule has 4 heteroatoms. The van der Waals surface area contributed by atoms with E-state index in [0.717, 1.165) is 32.5 Å². The van der Waals surface area contributed by atoms with Crippen LogP contribution in [0.1, 0.15) is 45.4 Å². The third-order valence-corrected chi connectivity index (χ3v) is 4.84. The van der Waals surface area contributed by atoms with Crippen molar-refractivity contribution in [1.29, 1.82) is 0 Å². The van der Waals surface area contributed by atoms with Crippen LogP contribution in [0.3, 0.4) is 0 Å². The monoisotopic (exact) mass is 267 g/mol. The van der Waals surface area contributed by atoms with Gasteiger partial charge in [-0.25, -0.2) is 0 Å². The first kappa shape index (κ1) is 14.8. The summed E-state index contributed by atoms with van der Waals surface area (Å²) in [6.07, 6.45) is 7.37. The Labute approximate surface area is 117 Å². The highest BCUT2D eigenvalue weighted by atomic mass is 16.2. The van der Waals surface area contributed by atoms with Gasteiger partial charge in [-0.15, -0.1) is 0 Å². The molecule has 2 rings (SSSR count). The van der Waals surface area contributed by atoms with Gasteiger partial charge in [0.05, 0.1) is 6.54 Å². The highest BCUT2D eigenvalue weighted by molar-refractivity contribution is 5.78. The molecular formula is C15H29N3O. The molecule has 1 saturated carbocycles. The molecule has 0 aromatic rings. The lowest BCUT2D eigenvalue weighted by Gasteiger charge is -2.36. The van der Waals surface area contributed by atoms with Crippen molar-refractivity contribution < 1.29 is 4.79 Å². The highest BCUT2D eigenvalue weighted by Crippen LogP contribution is 2.18. The minimum absolute atomic E-state index is 0.266. The molecule has 19 heavy (non-hydrogen) atoms. The fourth-order valence-corrected chi connectivity index (χ4v) is 3.31. The molecule has 0 aromatic carbocycles. The second-order valence-corrected chi connectivity index (χ2v) is 6.03. The van der Waals surface area contributed by atoms with Crippen LogP contribution in [0, 0.1) is 0 Å². The van der Waals surface area contributed by atoms with Gasteiger partial charge < -0.3 is 15.1 Å². The predicted octanol–water partition coefficient (Wildman–Crippen LogP) is 1.46. The number of nitrogens with zero attached hydrogens (tertiary/aromatic N) is 2. The van der Waals surface area contributed by atoms with Crippen molar-refractivity contribution in [2.75, 3.05) is 33.2 Å². The standard InChI is InChI=1S/C15H29N3O/c1-3-18-10-8-14(9-11-18)17(2)15(19)12-16-13-6-4-5-7-13/h13-14,16H,3-12H2,1-2H3. The van der Waals surface area contributed by atoms with Crippen molar-refractivity contribution in [3.63, 3.8) is 0 Å². The molecule has 2 aliphatic rings. The van der Waals surface area contributed by atoms with Gasteiger partial charge in [0.2, 0.25) is 5.91 Å². The number of carbonyl (C=O) groups is 1. The van der Waals surface area contributed by atoms with Crippen LogP contribution in [0.5, 0.6) is 0 Å². The Hall–Kier alpha value is -0.610. The van der Waals surface area contributed by atoms with Crippen LogP contribution in [-0.4, -0.2) is 61.0 Å². The van der Waals surface area contributed by atoms with Gasteiger partial charge in [0.1, 0.15) is 0 Å². The van der Waals surface area contributed by atoms with E-state index in [1.165, 1.54) is 25.7 Å². The van der Waals surface area contributed by atoms with Crippen LogP contribution in [0.25, 0.3) is 0 Å². The van der Waals surface area contributed by atoms with E-state index in [-0.39, 0.29) is 5.91 Å². The van der Waals surface area contributed by atoms with Crippen LogP contribution in [0.4, 0.5) is 0 Å². The molecule has 1 heterocycles. The van der Waals surface area contributed by atoms with Crippen molar-refractivity contribution in [2.24, 2.45) is 0 Å². The number of piperidine rings is 1. The number of rotatable bonds is 5.